The number of benzene rings is 2. The van der Waals surface area contributed by atoms with Gasteiger partial charge in [0.1, 0.15) is 0 Å². The van der Waals surface area contributed by atoms with Gasteiger partial charge in [-0.2, -0.15) is 12.6 Å². The highest BCUT2D eigenvalue weighted by Crippen LogP contribution is 2.54. The minimum Gasteiger partial charge on any atom is -0.150 e. The number of allylic oxidation sites excluding steroid dienone is 1. The van der Waals surface area contributed by atoms with Crippen molar-refractivity contribution in [2.45, 2.75) is 111 Å². The van der Waals surface area contributed by atoms with Crippen molar-refractivity contribution >= 4 is 102 Å². The normalized spacial score (nSPS) is 14.7. The van der Waals surface area contributed by atoms with Gasteiger partial charge >= 0.3 is 0 Å². The van der Waals surface area contributed by atoms with Gasteiger partial charge in [0.15, 0.2) is 0 Å². The smallest absolute Gasteiger partial charge is 0.0449 e. The molecule has 0 amide bonds. The van der Waals surface area contributed by atoms with Crippen molar-refractivity contribution in [2.75, 3.05) is 0 Å². The van der Waals surface area contributed by atoms with Crippen molar-refractivity contribution in [1.82, 2.24) is 0 Å². The summed E-state index contributed by atoms with van der Waals surface area (Å²) in [4.78, 5) is 7.49. The van der Waals surface area contributed by atoms with Crippen LogP contribution in [0.15, 0.2) is 66.1 Å². The second-order valence-corrected chi connectivity index (χ2v) is 17.7. The van der Waals surface area contributed by atoms with E-state index in [1.807, 2.05) is 39.4 Å². The van der Waals surface area contributed by atoms with Gasteiger partial charge in [-0.25, -0.2) is 0 Å². The monoisotopic (exact) mass is 748 g/mol. The number of hydrogen-bond donors (Lipinski definition) is 3. The Hall–Kier alpha value is -1.41. The molecule has 0 aliphatic heterocycles. The average Bonchev–Trinajstić information content (AvgIpc) is 3.86. The average molecular weight is 749 g/mol. The highest BCUT2D eigenvalue weighted by Gasteiger charge is 2.36. The summed E-state index contributed by atoms with van der Waals surface area (Å²) in [7, 11) is 0. The van der Waals surface area contributed by atoms with Gasteiger partial charge in [-0.1, -0.05) is 116 Å². The van der Waals surface area contributed by atoms with Gasteiger partial charge in [-0.3, -0.25) is 0 Å². The van der Waals surface area contributed by atoms with Crippen molar-refractivity contribution < 1.29 is 0 Å². The number of thiophene rings is 3. The molecule has 48 heavy (non-hydrogen) atoms. The van der Waals surface area contributed by atoms with Crippen LogP contribution in [0.3, 0.4) is 0 Å². The van der Waals surface area contributed by atoms with Gasteiger partial charge in [-0.15, -0.1) is 59.3 Å². The summed E-state index contributed by atoms with van der Waals surface area (Å²) in [6.07, 6.45) is 15.4. The van der Waals surface area contributed by atoms with E-state index in [0.717, 1.165) is 46.3 Å². The molecule has 2 aromatic carbocycles. The first-order valence-corrected chi connectivity index (χ1v) is 21.8. The fourth-order valence-electron chi connectivity index (χ4n) is 7.30. The molecule has 5 rings (SSSR count). The summed E-state index contributed by atoms with van der Waals surface area (Å²) in [5.74, 6) is 0.747. The number of thiol groups is 3. The summed E-state index contributed by atoms with van der Waals surface area (Å²) >= 11 is 20.4. The predicted octanol–water partition coefficient (Wildman–Crippen LogP) is 15.7. The van der Waals surface area contributed by atoms with E-state index in [4.69, 9.17) is 25.3 Å². The van der Waals surface area contributed by atoms with Gasteiger partial charge in [0.05, 0.1) is 0 Å². The highest BCUT2D eigenvalue weighted by atomic mass is 32.1. The van der Waals surface area contributed by atoms with Crippen LogP contribution in [0, 0.1) is 5.92 Å². The lowest BCUT2D eigenvalue weighted by molar-refractivity contribution is 0.423. The first-order chi connectivity index (χ1) is 23.3. The third-order valence-corrected chi connectivity index (χ3v) is 14.9. The van der Waals surface area contributed by atoms with Crippen LogP contribution in [-0.2, 0) is 11.8 Å². The minimum atomic E-state index is -0.0185. The Balaban J connectivity index is 1.85. The Bertz CT molecular complexity index is 1850. The Morgan fingerprint density at radius 3 is 2.23 bits per heavy atom. The van der Waals surface area contributed by atoms with E-state index in [9.17, 15) is 0 Å². The highest BCUT2D eigenvalue weighted by molar-refractivity contribution is 7.93. The molecule has 0 saturated heterocycles. The van der Waals surface area contributed by atoms with E-state index >= 15 is 0 Å². The molecule has 0 aliphatic rings. The molecule has 0 spiro atoms. The number of fused-ring (bicyclic) bond motifs is 2. The summed E-state index contributed by atoms with van der Waals surface area (Å²) < 4.78 is 2.69. The Morgan fingerprint density at radius 1 is 0.792 bits per heavy atom. The van der Waals surface area contributed by atoms with E-state index in [1.165, 1.54) is 96.4 Å². The SMILES string of the molecule is CC/C=C(\S)c1c2cc(/C(S)=C\S)sc2c(-c2ccc(CC(CC)CCCC)s2)c2cc(C(CCC)(CCCC)c3ccccc3)sc12. The summed E-state index contributed by atoms with van der Waals surface area (Å²) in [5.41, 5.74) is 4.08. The molecule has 3 aromatic heterocycles. The van der Waals surface area contributed by atoms with Crippen LogP contribution in [0.4, 0.5) is 0 Å². The summed E-state index contributed by atoms with van der Waals surface area (Å²) in [6.45, 7) is 11.5. The predicted molar refractivity (Wildman–Crippen MR) is 232 cm³/mol. The van der Waals surface area contributed by atoms with Gasteiger partial charge in [0.25, 0.3) is 0 Å². The third kappa shape index (κ3) is 7.90. The maximum absolute atomic E-state index is 5.21. The lowest BCUT2D eigenvalue weighted by Crippen LogP contribution is -2.26. The molecule has 0 nitrogen and oxygen atoms in total. The van der Waals surface area contributed by atoms with E-state index < -0.39 is 0 Å². The molecule has 0 radical (unpaired) electrons. The zero-order chi connectivity index (χ0) is 34.3. The van der Waals surface area contributed by atoms with Gasteiger partial charge in [-0.05, 0) is 66.8 Å². The van der Waals surface area contributed by atoms with Crippen LogP contribution < -0.4 is 0 Å². The van der Waals surface area contributed by atoms with Crippen molar-refractivity contribution in [1.29, 1.82) is 0 Å². The van der Waals surface area contributed by atoms with Crippen molar-refractivity contribution in [3.63, 3.8) is 0 Å². The Morgan fingerprint density at radius 2 is 1.56 bits per heavy atom. The first-order valence-electron chi connectivity index (χ1n) is 18.0. The van der Waals surface area contributed by atoms with E-state index in [0.29, 0.717) is 0 Å². The first kappa shape index (κ1) is 37.8. The van der Waals surface area contributed by atoms with E-state index in [-0.39, 0.29) is 5.41 Å². The minimum absolute atomic E-state index is 0.0185. The van der Waals surface area contributed by atoms with Gasteiger partial charge in [0, 0.05) is 66.0 Å². The standard InChI is InChI=1S/C42H52S6/c1-6-11-17-28(10-5)24-30-20-21-35(46-30)39-32-26-37(42(22-9-4,23-12-7-2)29-18-14-13-15-19-29)48-40(32)38(33(44)16-8-3)31-25-36(34(45)27-43)47-41(31)39/h13-16,18-21,25-28,43-45H,6-12,17,22-24H2,1-5H3/b33-16-,34-27+. The third-order valence-electron chi connectivity index (χ3n) is 9.86. The molecule has 5 aromatic rings. The zero-order valence-electron chi connectivity index (χ0n) is 29.3. The van der Waals surface area contributed by atoms with Crippen molar-refractivity contribution in [3.8, 4) is 10.4 Å². The molecule has 0 N–H and O–H groups in total. The molecule has 6 heteroatoms. The largest absolute Gasteiger partial charge is 0.150 e. The van der Waals surface area contributed by atoms with E-state index in [1.54, 1.807) is 0 Å². The van der Waals surface area contributed by atoms with Crippen LogP contribution >= 0.6 is 71.9 Å². The molecular formula is C42H52S6. The van der Waals surface area contributed by atoms with Crippen LogP contribution in [-0.4, -0.2) is 0 Å². The molecule has 0 bridgehead atoms. The number of hydrogen-bond acceptors (Lipinski definition) is 6. The van der Waals surface area contributed by atoms with Crippen LogP contribution in [0.1, 0.15) is 125 Å². The maximum Gasteiger partial charge on any atom is 0.0449 e. The molecule has 0 fully saturated rings. The van der Waals surface area contributed by atoms with Crippen LogP contribution in [0.2, 0.25) is 0 Å². The second kappa shape index (κ2) is 17.7. The Labute approximate surface area is 318 Å². The van der Waals surface area contributed by atoms with Gasteiger partial charge < -0.3 is 0 Å². The van der Waals surface area contributed by atoms with Crippen molar-refractivity contribution in [2.24, 2.45) is 5.92 Å². The number of rotatable bonds is 17. The quantitative estimate of drug-likeness (QED) is 0.0775. The fraction of sp³-hybridized carbons (Fsp3) is 0.429. The molecule has 2 atom stereocenters. The lowest BCUT2D eigenvalue weighted by Gasteiger charge is -2.34. The van der Waals surface area contributed by atoms with Crippen molar-refractivity contribution in [3.05, 3.63) is 91.8 Å². The topological polar surface area (TPSA) is 0 Å². The van der Waals surface area contributed by atoms with E-state index in [2.05, 4.69) is 108 Å². The molecular weight excluding hydrogens is 697 g/mol. The fourth-order valence-corrected chi connectivity index (χ4v) is 12.1. The molecule has 0 saturated carbocycles. The summed E-state index contributed by atoms with van der Waals surface area (Å²) in [5, 5.41) is 4.46. The molecule has 256 valence electrons. The molecule has 3 heterocycles. The zero-order valence-corrected chi connectivity index (χ0v) is 34.4. The second-order valence-electron chi connectivity index (χ2n) is 13.2. The summed E-state index contributed by atoms with van der Waals surface area (Å²) in [6, 6.07) is 21.1. The Kier molecular flexibility index (Phi) is 13.9. The van der Waals surface area contributed by atoms with Crippen LogP contribution in [0.5, 0.6) is 0 Å². The lowest BCUT2D eigenvalue weighted by atomic mass is 9.72. The van der Waals surface area contributed by atoms with Gasteiger partial charge in [0.2, 0.25) is 0 Å². The molecule has 0 aliphatic carbocycles. The molecule has 2 unspecified atom stereocenters. The number of unbranched alkanes of at least 4 members (excludes halogenated alkanes) is 2. The maximum atomic E-state index is 5.21. The van der Waals surface area contributed by atoms with Crippen LogP contribution in [0.25, 0.3) is 40.4 Å².